The molecule has 0 atom stereocenters. The Bertz CT molecular complexity index is 1740. The van der Waals surface area contributed by atoms with Crippen LogP contribution in [-0.2, 0) is 32.5 Å². The monoisotopic (exact) mass is 657 g/mol. The molecule has 0 saturated heterocycles. The molecule has 1 aliphatic rings. The van der Waals surface area contributed by atoms with Crippen molar-refractivity contribution in [1.29, 1.82) is 0 Å². The summed E-state index contributed by atoms with van der Waals surface area (Å²) in [4.78, 5) is 29.8. The second kappa shape index (κ2) is 14.1. The van der Waals surface area contributed by atoms with Crippen LogP contribution in [0.1, 0.15) is 57.6 Å². The number of fused-ring (bicyclic) bond motifs is 1. The molecule has 4 rings (SSSR count). The van der Waals surface area contributed by atoms with Crippen molar-refractivity contribution in [3.8, 4) is 34.4 Å². The molecule has 0 fully saturated rings. The number of amides is 1. The number of carbonyl (C=O) groups excluding carboxylic acids is 1. The van der Waals surface area contributed by atoms with Gasteiger partial charge in [0.05, 0.1) is 36.5 Å². The fourth-order valence-corrected chi connectivity index (χ4v) is 5.22. The number of methoxy groups -OCH3 is 2. The zero-order chi connectivity index (χ0) is 33.6. The third-order valence-corrected chi connectivity index (χ3v) is 9.30. The van der Waals surface area contributed by atoms with E-state index >= 15 is 0 Å². The van der Waals surface area contributed by atoms with E-state index in [0.717, 1.165) is 12.8 Å². The van der Waals surface area contributed by atoms with Crippen molar-refractivity contribution in [2.45, 2.75) is 58.1 Å². The summed E-state index contributed by atoms with van der Waals surface area (Å²) in [5, 5.41) is 10.3. The molecule has 0 unspecified atom stereocenters. The molecule has 0 saturated carbocycles. The quantitative estimate of drug-likeness (QED) is 0.238. The van der Waals surface area contributed by atoms with Crippen molar-refractivity contribution >= 4 is 28.0 Å². The number of carbonyl (C=O) groups is 2. The highest BCUT2D eigenvalue weighted by atomic mass is 32.2. The van der Waals surface area contributed by atoms with Gasteiger partial charge in [-0.25, -0.2) is 22.9 Å². The van der Waals surface area contributed by atoms with Gasteiger partial charge < -0.3 is 28.8 Å². The largest absolute Gasteiger partial charge is 0.497 e. The lowest BCUT2D eigenvalue weighted by Gasteiger charge is -2.20. The number of hydrogen-bond donors (Lipinski definition) is 2. The maximum absolute atomic E-state index is 12.7. The first-order valence-corrected chi connectivity index (χ1v) is 16.1. The Hall–Kier alpha value is -4.72. The van der Waals surface area contributed by atoms with E-state index < -0.39 is 33.3 Å². The zero-order valence-electron chi connectivity index (χ0n) is 26.7. The van der Waals surface area contributed by atoms with Crippen LogP contribution in [0.4, 0.5) is 0 Å². The third kappa shape index (κ3) is 7.73. The topological polar surface area (TPSA) is 165 Å². The third-order valence-electron chi connectivity index (χ3n) is 7.19. The number of imidazole rings is 1. The summed E-state index contributed by atoms with van der Waals surface area (Å²) < 4.78 is 55.3. The molecular weight excluding hydrogens is 618 g/mol. The molecule has 1 aliphatic heterocycles. The van der Waals surface area contributed by atoms with Crippen molar-refractivity contribution in [2.75, 3.05) is 27.6 Å². The van der Waals surface area contributed by atoms with Crippen LogP contribution in [0.5, 0.6) is 28.7 Å². The summed E-state index contributed by atoms with van der Waals surface area (Å²) in [7, 11) is -0.988. The van der Waals surface area contributed by atoms with Gasteiger partial charge >= 0.3 is 5.97 Å². The lowest BCUT2D eigenvalue weighted by atomic mass is 10.0. The van der Waals surface area contributed by atoms with Gasteiger partial charge in [-0.1, -0.05) is 13.3 Å². The van der Waals surface area contributed by atoms with Gasteiger partial charge in [-0.15, -0.1) is 0 Å². The predicted octanol–water partition coefficient (Wildman–Crippen LogP) is 4.29. The van der Waals surface area contributed by atoms with E-state index in [4.69, 9.17) is 23.7 Å². The minimum Gasteiger partial charge on any atom is -0.497 e. The number of aryl methyl sites for hydroxylation is 1. The number of hydrogen-bond acceptors (Lipinski definition) is 10. The molecule has 13 nitrogen and oxygen atoms in total. The number of sulfonamides is 1. The number of rotatable bonds is 14. The molecule has 46 heavy (non-hydrogen) atoms. The summed E-state index contributed by atoms with van der Waals surface area (Å²) >= 11 is 0. The van der Waals surface area contributed by atoms with Crippen molar-refractivity contribution in [3.63, 3.8) is 0 Å². The number of unbranched alkanes of at least 4 members (excludes halogenated alkanes) is 1. The molecule has 1 amide bonds. The summed E-state index contributed by atoms with van der Waals surface area (Å²) in [6.45, 7) is 5.92. The molecule has 0 spiro atoms. The van der Waals surface area contributed by atoms with E-state index in [1.807, 2.05) is 11.6 Å². The van der Waals surface area contributed by atoms with Crippen LogP contribution >= 0.6 is 0 Å². The average molecular weight is 658 g/mol. The van der Waals surface area contributed by atoms with Crippen LogP contribution in [0.3, 0.4) is 0 Å². The van der Waals surface area contributed by atoms with Crippen LogP contribution in [0.25, 0.3) is 11.8 Å². The number of carboxylic acids is 1. The Kier molecular flexibility index (Phi) is 10.5. The Morgan fingerprint density at radius 3 is 2.43 bits per heavy atom. The molecule has 2 aromatic carbocycles. The van der Waals surface area contributed by atoms with Gasteiger partial charge in [-0.05, 0) is 51.5 Å². The first-order valence-electron chi connectivity index (χ1n) is 14.6. The number of nitrogens with one attached hydrogen (secondary N) is 1. The van der Waals surface area contributed by atoms with Gasteiger partial charge in [0.1, 0.15) is 23.1 Å². The van der Waals surface area contributed by atoms with Gasteiger partial charge in [0.2, 0.25) is 16.8 Å². The molecular formula is C32H39N3O10S. The SMILES string of the molecule is CCCCc1ncc(/C=C(\Cc2cc3c(cc2OC)OCO3)C(=O)O)n1-c1ccc(OC)cc1OCC(=O)NS(=O)(=O)C(C)(C)C. The fraction of sp³-hybridized carbons (Fsp3) is 0.406. The Balaban J connectivity index is 1.76. The summed E-state index contributed by atoms with van der Waals surface area (Å²) in [5.74, 6) is 0.706. The van der Waals surface area contributed by atoms with Crippen molar-refractivity contribution in [3.05, 3.63) is 59.2 Å². The Morgan fingerprint density at radius 2 is 1.80 bits per heavy atom. The van der Waals surface area contributed by atoms with Gasteiger partial charge in [0.15, 0.2) is 18.1 Å². The maximum Gasteiger partial charge on any atom is 0.331 e. The highest BCUT2D eigenvalue weighted by molar-refractivity contribution is 7.91. The summed E-state index contributed by atoms with van der Waals surface area (Å²) in [6, 6.07) is 8.32. The summed E-state index contributed by atoms with van der Waals surface area (Å²) in [6.07, 6.45) is 5.35. The van der Waals surface area contributed by atoms with E-state index in [1.54, 1.807) is 41.1 Å². The zero-order valence-corrected chi connectivity index (χ0v) is 27.5. The van der Waals surface area contributed by atoms with E-state index in [0.29, 0.717) is 52.2 Å². The van der Waals surface area contributed by atoms with E-state index in [9.17, 15) is 23.1 Å². The van der Waals surface area contributed by atoms with Gasteiger partial charge in [-0.2, -0.15) is 0 Å². The maximum atomic E-state index is 12.7. The molecule has 0 radical (unpaired) electrons. The second-order valence-corrected chi connectivity index (χ2v) is 13.9. The Morgan fingerprint density at radius 1 is 1.09 bits per heavy atom. The molecule has 14 heteroatoms. The smallest absolute Gasteiger partial charge is 0.331 e. The van der Waals surface area contributed by atoms with Crippen LogP contribution in [-0.4, -0.2) is 67.3 Å². The van der Waals surface area contributed by atoms with E-state index in [-0.39, 0.29) is 24.5 Å². The minimum absolute atomic E-state index is 0.000981. The lowest BCUT2D eigenvalue weighted by molar-refractivity contribution is -0.132. The van der Waals surface area contributed by atoms with Crippen molar-refractivity contribution in [1.82, 2.24) is 14.3 Å². The van der Waals surface area contributed by atoms with Crippen LogP contribution in [0.2, 0.25) is 0 Å². The number of carboxylic acid groups (broad SMARTS) is 1. The van der Waals surface area contributed by atoms with E-state index in [2.05, 4.69) is 4.98 Å². The lowest BCUT2D eigenvalue weighted by Crippen LogP contribution is -2.44. The number of ether oxygens (including phenoxy) is 5. The molecule has 0 aliphatic carbocycles. The van der Waals surface area contributed by atoms with Crippen LogP contribution in [0.15, 0.2) is 42.1 Å². The summed E-state index contributed by atoms with van der Waals surface area (Å²) in [5.41, 5.74) is 1.52. The van der Waals surface area contributed by atoms with Crippen LogP contribution in [0, 0.1) is 0 Å². The van der Waals surface area contributed by atoms with Crippen LogP contribution < -0.4 is 28.4 Å². The standard InChI is InChI=1S/C32H39N3O10S/c1-7-8-9-29-33-17-22(13-21(31(37)38)12-20-14-27-28(45-19-44-27)16-25(20)42-6)35(29)24-11-10-23(41-5)15-26(24)43-18-30(36)34-46(39,40)32(2,3)4/h10-11,13-17H,7-9,12,18-19H2,1-6H3,(H,34,36)(H,37,38)/b21-13+. The minimum atomic E-state index is -3.95. The normalized spacial score (nSPS) is 13.0. The number of aliphatic carboxylic acids is 1. The number of benzene rings is 2. The molecule has 1 aromatic heterocycles. The molecule has 3 aromatic rings. The highest BCUT2D eigenvalue weighted by Gasteiger charge is 2.31. The van der Waals surface area contributed by atoms with Gasteiger partial charge in [0.25, 0.3) is 5.91 Å². The first kappa shape index (κ1) is 34.2. The number of aromatic nitrogens is 2. The average Bonchev–Trinajstić information content (AvgIpc) is 3.63. The second-order valence-electron chi connectivity index (χ2n) is 11.5. The molecule has 0 bridgehead atoms. The highest BCUT2D eigenvalue weighted by Crippen LogP contribution is 2.39. The van der Waals surface area contributed by atoms with Crippen molar-refractivity contribution < 1.29 is 46.8 Å². The van der Waals surface area contributed by atoms with Gasteiger partial charge in [-0.3, -0.25) is 9.36 Å². The van der Waals surface area contributed by atoms with E-state index in [1.165, 1.54) is 41.1 Å². The fourth-order valence-electron chi connectivity index (χ4n) is 4.56. The molecule has 248 valence electrons. The Labute approximate surface area is 268 Å². The molecule has 2 heterocycles. The predicted molar refractivity (Wildman–Crippen MR) is 169 cm³/mol. The molecule has 2 N–H and O–H groups in total. The first-order chi connectivity index (χ1) is 21.8. The number of nitrogens with zero attached hydrogens (tertiary/aromatic N) is 2. The van der Waals surface area contributed by atoms with Gasteiger partial charge in [0, 0.05) is 36.1 Å². The van der Waals surface area contributed by atoms with Crippen molar-refractivity contribution in [2.24, 2.45) is 0 Å².